The molecule has 31 heavy (non-hydrogen) atoms. The van der Waals surface area contributed by atoms with Gasteiger partial charge in [-0.25, -0.2) is 9.97 Å². The third-order valence-corrected chi connectivity index (χ3v) is 6.14. The maximum absolute atomic E-state index is 13.2. The van der Waals surface area contributed by atoms with Crippen LogP contribution in [0.5, 0.6) is 0 Å². The first-order valence-electron chi connectivity index (χ1n) is 10.4. The standard InChI is InChI=1S/C22H24N6O3/c1-14-7-17(31-25-14)12-26(2)21(29)18-3-4-19-16-8-15(10-28(19)22(18)30)9-27(11-16)20-5-6-23-13-24-20/h3-7,13,15-16H,8-12H2,1-2H3/t15-,16+/m0/s1. The molecular formula is C22H24N6O3. The summed E-state index contributed by atoms with van der Waals surface area (Å²) in [7, 11) is 1.66. The molecule has 0 N–H and O–H groups in total. The number of rotatable bonds is 4. The number of aromatic nitrogens is 4. The highest BCUT2D eigenvalue weighted by Crippen LogP contribution is 2.36. The number of hydrogen-bond acceptors (Lipinski definition) is 7. The summed E-state index contributed by atoms with van der Waals surface area (Å²) in [4.78, 5) is 38.4. The second kappa shape index (κ2) is 7.64. The fourth-order valence-corrected chi connectivity index (χ4v) is 4.77. The first-order valence-corrected chi connectivity index (χ1v) is 10.4. The van der Waals surface area contributed by atoms with Gasteiger partial charge in [0.15, 0.2) is 5.76 Å². The van der Waals surface area contributed by atoms with Crippen molar-refractivity contribution in [2.75, 3.05) is 25.0 Å². The van der Waals surface area contributed by atoms with E-state index >= 15 is 0 Å². The van der Waals surface area contributed by atoms with Crippen molar-refractivity contribution >= 4 is 11.7 Å². The summed E-state index contributed by atoms with van der Waals surface area (Å²) >= 11 is 0. The normalized spacial score (nSPS) is 19.7. The van der Waals surface area contributed by atoms with Crippen LogP contribution in [0.15, 0.2) is 46.1 Å². The Hall–Kier alpha value is -3.49. The van der Waals surface area contributed by atoms with E-state index in [0.29, 0.717) is 18.2 Å². The summed E-state index contributed by atoms with van der Waals surface area (Å²) in [5.74, 6) is 1.75. The summed E-state index contributed by atoms with van der Waals surface area (Å²) in [6.45, 7) is 4.33. The molecule has 9 nitrogen and oxygen atoms in total. The van der Waals surface area contributed by atoms with Crippen LogP contribution >= 0.6 is 0 Å². The Bertz CT molecular complexity index is 1170. The minimum Gasteiger partial charge on any atom is -0.359 e. The molecule has 2 aliphatic heterocycles. The number of fused-ring (bicyclic) bond motifs is 4. The molecule has 0 aliphatic carbocycles. The summed E-state index contributed by atoms with van der Waals surface area (Å²) in [5.41, 5.74) is 1.72. The minimum absolute atomic E-state index is 0.190. The molecule has 0 unspecified atom stereocenters. The van der Waals surface area contributed by atoms with Crippen LogP contribution in [0.1, 0.15) is 39.8 Å². The lowest BCUT2D eigenvalue weighted by atomic mass is 9.83. The van der Waals surface area contributed by atoms with Crippen LogP contribution in [0, 0.1) is 12.8 Å². The lowest BCUT2D eigenvalue weighted by molar-refractivity contribution is 0.0769. The average Bonchev–Trinajstić information content (AvgIpc) is 3.19. The predicted molar refractivity (Wildman–Crippen MR) is 113 cm³/mol. The molecule has 0 saturated carbocycles. The maximum atomic E-state index is 13.2. The van der Waals surface area contributed by atoms with Crippen molar-refractivity contribution < 1.29 is 9.32 Å². The van der Waals surface area contributed by atoms with Gasteiger partial charge in [0.2, 0.25) is 0 Å². The number of pyridine rings is 1. The van der Waals surface area contributed by atoms with Gasteiger partial charge in [0.1, 0.15) is 17.7 Å². The first-order chi connectivity index (χ1) is 15.0. The van der Waals surface area contributed by atoms with Gasteiger partial charge in [-0.3, -0.25) is 9.59 Å². The molecule has 1 fully saturated rings. The zero-order valence-corrected chi connectivity index (χ0v) is 17.6. The van der Waals surface area contributed by atoms with E-state index in [-0.39, 0.29) is 29.5 Å². The third-order valence-electron chi connectivity index (χ3n) is 6.14. The van der Waals surface area contributed by atoms with Crippen molar-refractivity contribution in [1.29, 1.82) is 0 Å². The van der Waals surface area contributed by atoms with E-state index < -0.39 is 0 Å². The van der Waals surface area contributed by atoms with Crippen molar-refractivity contribution in [3.63, 3.8) is 0 Å². The van der Waals surface area contributed by atoms with Crippen LogP contribution in [0.25, 0.3) is 0 Å². The van der Waals surface area contributed by atoms with Crippen LogP contribution in [0.3, 0.4) is 0 Å². The summed E-state index contributed by atoms with van der Waals surface area (Å²) < 4.78 is 7.00. The minimum atomic E-state index is -0.312. The van der Waals surface area contributed by atoms with E-state index in [1.807, 2.05) is 19.1 Å². The Morgan fingerprint density at radius 3 is 2.87 bits per heavy atom. The molecule has 2 aliphatic rings. The highest BCUT2D eigenvalue weighted by Gasteiger charge is 2.36. The second-order valence-corrected chi connectivity index (χ2v) is 8.45. The van der Waals surface area contributed by atoms with E-state index in [1.54, 1.807) is 36.3 Å². The van der Waals surface area contributed by atoms with Crippen LogP contribution in [-0.2, 0) is 13.1 Å². The molecule has 3 aromatic rings. The third kappa shape index (κ3) is 3.60. The Morgan fingerprint density at radius 2 is 2.13 bits per heavy atom. The maximum Gasteiger partial charge on any atom is 0.263 e. The van der Waals surface area contributed by atoms with Gasteiger partial charge in [-0.1, -0.05) is 5.16 Å². The molecular weight excluding hydrogens is 396 g/mol. The largest absolute Gasteiger partial charge is 0.359 e. The molecule has 5 rings (SSSR count). The molecule has 5 heterocycles. The summed E-state index contributed by atoms with van der Waals surface area (Å²) in [5, 5.41) is 3.85. The van der Waals surface area contributed by atoms with E-state index in [9.17, 15) is 9.59 Å². The van der Waals surface area contributed by atoms with Crippen molar-refractivity contribution in [2.45, 2.75) is 32.4 Å². The van der Waals surface area contributed by atoms with E-state index in [2.05, 4.69) is 20.0 Å². The van der Waals surface area contributed by atoms with Gasteiger partial charge in [0, 0.05) is 50.6 Å². The smallest absolute Gasteiger partial charge is 0.263 e. The molecule has 9 heteroatoms. The summed E-state index contributed by atoms with van der Waals surface area (Å²) in [6.07, 6.45) is 4.35. The van der Waals surface area contributed by atoms with E-state index in [1.165, 1.54) is 4.90 Å². The van der Waals surface area contributed by atoms with Crippen LogP contribution < -0.4 is 10.5 Å². The highest BCUT2D eigenvalue weighted by atomic mass is 16.5. The average molecular weight is 420 g/mol. The lowest BCUT2D eigenvalue weighted by Crippen LogP contribution is -2.48. The Labute approximate surface area is 179 Å². The number of amides is 1. The molecule has 0 radical (unpaired) electrons. The van der Waals surface area contributed by atoms with Crippen LogP contribution in [0.2, 0.25) is 0 Å². The van der Waals surface area contributed by atoms with Gasteiger partial charge in [0.05, 0.1) is 12.2 Å². The van der Waals surface area contributed by atoms with Crippen molar-refractivity contribution in [1.82, 2.24) is 24.6 Å². The lowest BCUT2D eigenvalue weighted by Gasteiger charge is -2.43. The van der Waals surface area contributed by atoms with E-state index in [4.69, 9.17) is 4.52 Å². The van der Waals surface area contributed by atoms with Gasteiger partial charge in [-0.05, 0) is 37.5 Å². The van der Waals surface area contributed by atoms with E-state index in [0.717, 1.165) is 36.7 Å². The number of nitrogens with zero attached hydrogens (tertiary/aromatic N) is 6. The summed E-state index contributed by atoms with van der Waals surface area (Å²) in [6, 6.07) is 7.31. The fourth-order valence-electron chi connectivity index (χ4n) is 4.77. The van der Waals surface area contributed by atoms with Crippen molar-refractivity contribution in [3.8, 4) is 0 Å². The Morgan fingerprint density at radius 1 is 1.26 bits per heavy atom. The molecule has 160 valence electrons. The monoisotopic (exact) mass is 420 g/mol. The topological polar surface area (TPSA) is 97.4 Å². The van der Waals surface area contributed by atoms with Gasteiger partial charge >= 0.3 is 0 Å². The number of anilines is 1. The second-order valence-electron chi connectivity index (χ2n) is 8.45. The molecule has 2 atom stereocenters. The predicted octanol–water partition coefficient (Wildman–Crippen LogP) is 1.83. The van der Waals surface area contributed by atoms with Gasteiger partial charge in [0.25, 0.3) is 11.5 Å². The molecule has 1 saturated heterocycles. The quantitative estimate of drug-likeness (QED) is 0.635. The van der Waals surface area contributed by atoms with Crippen LogP contribution in [0.4, 0.5) is 5.82 Å². The number of aryl methyl sites for hydroxylation is 1. The molecule has 1 amide bonds. The molecule has 2 bridgehead atoms. The number of piperidine rings is 1. The first kappa shape index (κ1) is 19.5. The fraction of sp³-hybridized carbons (Fsp3) is 0.409. The number of carbonyl (C=O) groups is 1. The van der Waals surface area contributed by atoms with Crippen LogP contribution in [-0.4, -0.2) is 50.6 Å². The Balaban J connectivity index is 1.39. The zero-order chi connectivity index (χ0) is 21.5. The van der Waals surface area contributed by atoms with Gasteiger partial charge < -0.3 is 18.9 Å². The number of hydrogen-bond donors (Lipinski definition) is 0. The Kier molecular flexibility index (Phi) is 4.80. The number of carbonyl (C=O) groups excluding carboxylic acids is 1. The van der Waals surface area contributed by atoms with Gasteiger partial charge in [-0.15, -0.1) is 0 Å². The van der Waals surface area contributed by atoms with Crippen molar-refractivity contribution in [2.24, 2.45) is 5.92 Å². The highest BCUT2D eigenvalue weighted by molar-refractivity contribution is 5.93. The van der Waals surface area contributed by atoms with Crippen molar-refractivity contribution in [3.05, 3.63) is 69.9 Å². The molecule has 0 spiro atoms. The van der Waals surface area contributed by atoms with Gasteiger partial charge in [-0.2, -0.15) is 0 Å². The zero-order valence-electron chi connectivity index (χ0n) is 17.6. The molecule has 0 aromatic carbocycles. The SMILES string of the molecule is Cc1cc(CN(C)C(=O)c2ccc3n(c2=O)C[C@H]2C[C@@H]3CN(c3ccncn3)C2)on1. The molecule has 3 aromatic heterocycles.